The summed E-state index contributed by atoms with van der Waals surface area (Å²) in [5.41, 5.74) is 0.522. The Morgan fingerprint density at radius 1 is 1.32 bits per heavy atom. The number of ether oxygens (including phenoxy) is 1. The maximum atomic E-state index is 12.1. The monoisotopic (exact) mass is 302 g/mol. The van der Waals surface area contributed by atoms with Crippen LogP contribution in [0.3, 0.4) is 0 Å². The van der Waals surface area contributed by atoms with Crippen molar-refractivity contribution in [3.05, 3.63) is 28.6 Å². The molecule has 1 aliphatic carbocycles. The lowest BCUT2D eigenvalue weighted by Gasteiger charge is -2.21. The summed E-state index contributed by atoms with van der Waals surface area (Å²) in [4.78, 5) is 27.4. The standard InChI is InChI=1S/C16H18N2O4/c1-10(19)17-11-7-8-14-13(9-11)15(20)22-16(18-14)21-12-5-3-2-4-6-12/h7-9,12H,2-6H2,1H3,(H,17,19). The largest absolute Gasteiger partial charge is 0.447 e. The highest BCUT2D eigenvalue weighted by Gasteiger charge is 2.18. The lowest BCUT2D eigenvalue weighted by Crippen LogP contribution is -2.21. The first-order chi connectivity index (χ1) is 10.6. The Morgan fingerprint density at radius 2 is 2.09 bits per heavy atom. The van der Waals surface area contributed by atoms with Gasteiger partial charge in [-0.3, -0.25) is 4.79 Å². The van der Waals surface area contributed by atoms with Crippen LogP contribution in [0.1, 0.15) is 39.0 Å². The van der Waals surface area contributed by atoms with Crippen molar-refractivity contribution in [2.24, 2.45) is 0 Å². The van der Waals surface area contributed by atoms with Gasteiger partial charge in [0, 0.05) is 12.6 Å². The first-order valence-corrected chi connectivity index (χ1v) is 7.51. The Labute approximate surface area is 127 Å². The number of hydrogen-bond donors (Lipinski definition) is 1. The molecule has 116 valence electrons. The molecular weight excluding hydrogens is 284 g/mol. The van der Waals surface area contributed by atoms with Gasteiger partial charge in [-0.05, 0) is 43.9 Å². The van der Waals surface area contributed by atoms with Gasteiger partial charge in [0.2, 0.25) is 5.91 Å². The number of benzene rings is 1. The van der Waals surface area contributed by atoms with Gasteiger partial charge in [-0.15, -0.1) is 0 Å². The van der Waals surface area contributed by atoms with E-state index >= 15 is 0 Å². The fraction of sp³-hybridized carbons (Fsp3) is 0.438. The molecule has 1 saturated carbocycles. The Kier molecular flexibility index (Phi) is 4.09. The molecule has 22 heavy (non-hydrogen) atoms. The second kappa shape index (κ2) is 6.17. The number of carbonyl (C=O) groups excluding carboxylic acids is 1. The van der Waals surface area contributed by atoms with Gasteiger partial charge in [0.1, 0.15) is 6.10 Å². The zero-order valence-corrected chi connectivity index (χ0v) is 12.4. The first-order valence-electron chi connectivity index (χ1n) is 7.51. The quantitative estimate of drug-likeness (QED) is 0.942. The number of carbonyl (C=O) groups is 1. The van der Waals surface area contributed by atoms with E-state index in [0.29, 0.717) is 16.6 Å². The van der Waals surface area contributed by atoms with Crippen molar-refractivity contribution >= 4 is 22.5 Å². The SMILES string of the molecule is CC(=O)Nc1ccc2nc(OC3CCCCC3)oc(=O)c2c1. The van der Waals surface area contributed by atoms with Crippen LogP contribution in [0.5, 0.6) is 6.08 Å². The molecule has 0 bridgehead atoms. The second-order valence-corrected chi connectivity index (χ2v) is 5.56. The molecular formula is C16H18N2O4. The van der Waals surface area contributed by atoms with Gasteiger partial charge in [-0.1, -0.05) is 6.42 Å². The number of nitrogens with one attached hydrogen (secondary N) is 1. The van der Waals surface area contributed by atoms with Crippen LogP contribution in [0, 0.1) is 0 Å². The van der Waals surface area contributed by atoms with E-state index in [1.807, 2.05) is 0 Å². The Bertz CT molecular complexity index is 747. The van der Waals surface area contributed by atoms with Crippen LogP contribution in [-0.2, 0) is 4.79 Å². The number of rotatable bonds is 3. The highest BCUT2D eigenvalue weighted by molar-refractivity contribution is 5.91. The van der Waals surface area contributed by atoms with Crippen LogP contribution >= 0.6 is 0 Å². The molecule has 6 nitrogen and oxygen atoms in total. The Morgan fingerprint density at radius 3 is 2.82 bits per heavy atom. The molecule has 0 unspecified atom stereocenters. The highest BCUT2D eigenvalue weighted by atomic mass is 16.6. The smallest absolute Gasteiger partial charge is 0.397 e. The normalized spacial score (nSPS) is 15.7. The van der Waals surface area contributed by atoms with E-state index in [2.05, 4.69) is 10.3 Å². The number of hydrogen-bond acceptors (Lipinski definition) is 5. The molecule has 1 amide bonds. The fourth-order valence-corrected chi connectivity index (χ4v) is 2.71. The lowest BCUT2D eigenvalue weighted by molar-refractivity contribution is -0.114. The van der Waals surface area contributed by atoms with Crippen molar-refractivity contribution in [1.29, 1.82) is 0 Å². The Balaban J connectivity index is 1.88. The van der Waals surface area contributed by atoms with Crippen LogP contribution in [0.25, 0.3) is 10.9 Å². The summed E-state index contributed by atoms with van der Waals surface area (Å²) in [6.07, 6.45) is 5.50. The number of fused-ring (bicyclic) bond motifs is 1. The molecule has 3 rings (SSSR count). The van der Waals surface area contributed by atoms with Crippen molar-refractivity contribution in [3.8, 4) is 6.08 Å². The average Bonchev–Trinajstić information content (AvgIpc) is 2.48. The molecule has 1 aromatic heterocycles. The molecule has 1 N–H and O–H groups in total. The van der Waals surface area contributed by atoms with Crippen molar-refractivity contribution in [2.45, 2.75) is 45.1 Å². The van der Waals surface area contributed by atoms with Gasteiger partial charge in [-0.25, -0.2) is 4.79 Å². The summed E-state index contributed by atoms with van der Waals surface area (Å²) < 4.78 is 10.8. The van der Waals surface area contributed by atoms with Gasteiger partial charge in [-0.2, -0.15) is 4.98 Å². The molecule has 6 heteroatoms. The molecule has 1 aliphatic rings. The van der Waals surface area contributed by atoms with E-state index in [0.717, 1.165) is 25.7 Å². The van der Waals surface area contributed by atoms with Crippen molar-refractivity contribution in [3.63, 3.8) is 0 Å². The van der Waals surface area contributed by atoms with Crippen molar-refractivity contribution in [1.82, 2.24) is 4.98 Å². The second-order valence-electron chi connectivity index (χ2n) is 5.56. The third kappa shape index (κ3) is 3.27. The minimum absolute atomic E-state index is 0.0247. The molecule has 0 spiro atoms. The molecule has 1 heterocycles. The van der Waals surface area contributed by atoms with Crippen molar-refractivity contribution in [2.75, 3.05) is 5.32 Å². The number of anilines is 1. The highest BCUT2D eigenvalue weighted by Crippen LogP contribution is 2.23. The minimum Gasteiger partial charge on any atom is -0.447 e. The van der Waals surface area contributed by atoms with Crippen LogP contribution in [0.2, 0.25) is 0 Å². The number of nitrogens with zero attached hydrogens (tertiary/aromatic N) is 1. The van der Waals surface area contributed by atoms with Gasteiger partial charge in [0.15, 0.2) is 0 Å². The fourth-order valence-electron chi connectivity index (χ4n) is 2.71. The topological polar surface area (TPSA) is 81.4 Å². The first kappa shape index (κ1) is 14.6. The molecule has 0 atom stereocenters. The van der Waals surface area contributed by atoms with Crippen LogP contribution in [0.15, 0.2) is 27.4 Å². The lowest BCUT2D eigenvalue weighted by atomic mass is 9.98. The van der Waals surface area contributed by atoms with Gasteiger partial charge >= 0.3 is 11.7 Å². The summed E-state index contributed by atoms with van der Waals surface area (Å²) in [6.45, 7) is 1.41. The van der Waals surface area contributed by atoms with Crippen LogP contribution in [0.4, 0.5) is 5.69 Å². The van der Waals surface area contributed by atoms with E-state index in [-0.39, 0.29) is 18.1 Å². The van der Waals surface area contributed by atoms with Crippen LogP contribution in [-0.4, -0.2) is 17.0 Å². The average molecular weight is 302 g/mol. The summed E-state index contributed by atoms with van der Waals surface area (Å²) in [5.74, 6) is -0.200. The summed E-state index contributed by atoms with van der Waals surface area (Å²) in [6, 6.07) is 4.92. The van der Waals surface area contributed by atoms with Gasteiger partial charge in [0.05, 0.1) is 10.9 Å². The zero-order valence-electron chi connectivity index (χ0n) is 12.4. The molecule has 0 radical (unpaired) electrons. The zero-order chi connectivity index (χ0) is 15.5. The summed E-state index contributed by atoms with van der Waals surface area (Å²) in [7, 11) is 0. The third-order valence-corrected chi connectivity index (χ3v) is 3.75. The minimum atomic E-state index is -0.511. The predicted octanol–water partition coefficient (Wildman–Crippen LogP) is 2.86. The summed E-state index contributed by atoms with van der Waals surface area (Å²) >= 11 is 0. The van der Waals surface area contributed by atoms with Gasteiger partial charge < -0.3 is 14.5 Å². The molecule has 0 aliphatic heterocycles. The van der Waals surface area contributed by atoms with Crippen molar-refractivity contribution < 1.29 is 13.9 Å². The van der Waals surface area contributed by atoms with Gasteiger partial charge in [0.25, 0.3) is 0 Å². The molecule has 0 saturated heterocycles. The van der Waals surface area contributed by atoms with E-state index in [4.69, 9.17) is 9.15 Å². The van der Waals surface area contributed by atoms with E-state index in [1.54, 1.807) is 18.2 Å². The maximum Gasteiger partial charge on any atom is 0.397 e. The van der Waals surface area contributed by atoms with Crippen LogP contribution < -0.4 is 15.7 Å². The third-order valence-electron chi connectivity index (χ3n) is 3.75. The van der Waals surface area contributed by atoms with E-state index < -0.39 is 5.63 Å². The Hall–Kier alpha value is -2.37. The summed E-state index contributed by atoms with van der Waals surface area (Å²) in [5, 5.41) is 2.95. The molecule has 1 fully saturated rings. The number of amides is 1. The number of aromatic nitrogens is 1. The maximum absolute atomic E-state index is 12.1. The van der Waals surface area contributed by atoms with E-state index in [9.17, 15) is 9.59 Å². The predicted molar refractivity (Wildman–Crippen MR) is 82.1 cm³/mol. The molecule has 2 aromatic rings. The molecule has 1 aromatic carbocycles. The van der Waals surface area contributed by atoms with E-state index in [1.165, 1.54) is 13.3 Å².